The van der Waals surface area contributed by atoms with E-state index in [0.29, 0.717) is 0 Å². The molecule has 0 bridgehead atoms. The molecule has 0 heterocycles. The second-order valence-corrected chi connectivity index (χ2v) is 5.60. The van der Waals surface area contributed by atoms with E-state index in [0.717, 1.165) is 18.6 Å². The minimum absolute atomic E-state index is 0.0985. The van der Waals surface area contributed by atoms with Crippen LogP contribution in [0.4, 0.5) is 0 Å². The molecule has 0 aromatic heterocycles. The summed E-state index contributed by atoms with van der Waals surface area (Å²) in [6.45, 7) is 2.10. The van der Waals surface area contributed by atoms with E-state index in [1.54, 1.807) is 7.11 Å². The van der Waals surface area contributed by atoms with Gasteiger partial charge in [0.1, 0.15) is 5.75 Å². The molecule has 1 aliphatic rings. The van der Waals surface area contributed by atoms with Gasteiger partial charge in [-0.3, -0.25) is 0 Å². The standard InChI is InChI=1S/C18H21NO/c1-12(19)18-16-6-4-3-5-13(16)7-8-14-11-15(20-2)9-10-17(14)18/h3-6,9-12,18H,7-8,19H2,1-2H3. The van der Waals surface area contributed by atoms with E-state index in [2.05, 4.69) is 43.3 Å². The maximum atomic E-state index is 6.31. The number of aryl methyl sites for hydroxylation is 2. The van der Waals surface area contributed by atoms with Crippen molar-refractivity contribution in [1.29, 1.82) is 0 Å². The third kappa shape index (κ3) is 2.20. The topological polar surface area (TPSA) is 35.2 Å². The summed E-state index contributed by atoms with van der Waals surface area (Å²) in [5.41, 5.74) is 11.8. The van der Waals surface area contributed by atoms with Gasteiger partial charge in [0.25, 0.3) is 0 Å². The van der Waals surface area contributed by atoms with Crippen molar-refractivity contribution in [1.82, 2.24) is 0 Å². The summed E-state index contributed by atoms with van der Waals surface area (Å²) in [6.07, 6.45) is 2.12. The molecule has 2 aromatic rings. The van der Waals surface area contributed by atoms with E-state index in [1.165, 1.54) is 22.3 Å². The maximum absolute atomic E-state index is 6.31. The Balaban J connectivity index is 2.17. The Hall–Kier alpha value is -1.80. The summed E-state index contributed by atoms with van der Waals surface area (Å²) in [5, 5.41) is 0. The van der Waals surface area contributed by atoms with Crippen LogP contribution in [0.25, 0.3) is 0 Å². The molecule has 0 saturated carbocycles. The van der Waals surface area contributed by atoms with Crippen LogP contribution >= 0.6 is 0 Å². The molecule has 0 radical (unpaired) electrons. The minimum atomic E-state index is 0.0985. The van der Waals surface area contributed by atoms with Crippen molar-refractivity contribution in [2.75, 3.05) is 7.11 Å². The molecule has 0 spiro atoms. The fourth-order valence-corrected chi connectivity index (χ4v) is 3.30. The zero-order chi connectivity index (χ0) is 14.1. The maximum Gasteiger partial charge on any atom is 0.119 e. The number of rotatable bonds is 2. The van der Waals surface area contributed by atoms with Crippen molar-refractivity contribution in [3.05, 3.63) is 64.7 Å². The Kier molecular flexibility index (Phi) is 3.49. The van der Waals surface area contributed by atoms with Gasteiger partial charge in [-0.05, 0) is 54.2 Å². The van der Waals surface area contributed by atoms with E-state index in [9.17, 15) is 0 Å². The van der Waals surface area contributed by atoms with E-state index < -0.39 is 0 Å². The number of hydrogen-bond donors (Lipinski definition) is 1. The summed E-state index contributed by atoms with van der Waals surface area (Å²) in [5.74, 6) is 1.20. The highest BCUT2D eigenvalue weighted by Crippen LogP contribution is 2.37. The van der Waals surface area contributed by atoms with Crippen LogP contribution in [0.15, 0.2) is 42.5 Å². The Morgan fingerprint density at radius 1 is 1.05 bits per heavy atom. The SMILES string of the molecule is COc1ccc2c(c1)CCc1ccccc1C2C(C)N. The number of ether oxygens (including phenoxy) is 1. The van der Waals surface area contributed by atoms with Crippen LogP contribution in [-0.4, -0.2) is 13.2 Å². The number of benzene rings is 2. The molecule has 1 aliphatic carbocycles. The van der Waals surface area contributed by atoms with Gasteiger partial charge >= 0.3 is 0 Å². The fraction of sp³-hybridized carbons (Fsp3) is 0.333. The van der Waals surface area contributed by atoms with Gasteiger partial charge < -0.3 is 10.5 Å². The number of hydrogen-bond acceptors (Lipinski definition) is 2. The van der Waals surface area contributed by atoms with Crippen molar-refractivity contribution in [2.45, 2.75) is 31.7 Å². The molecular formula is C18H21NO. The van der Waals surface area contributed by atoms with Gasteiger partial charge in [-0.2, -0.15) is 0 Å². The zero-order valence-corrected chi connectivity index (χ0v) is 12.1. The quantitative estimate of drug-likeness (QED) is 0.906. The van der Waals surface area contributed by atoms with Crippen molar-refractivity contribution in [3.63, 3.8) is 0 Å². The highest BCUT2D eigenvalue weighted by molar-refractivity contribution is 5.48. The fourth-order valence-electron chi connectivity index (χ4n) is 3.30. The molecule has 0 fully saturated rings. The van der Waals surface area contributed by atoms with Crippen LogP contribution in [0, 0.1) is 0 Å². The van der Waals surface area contributed by atoms with Crippen LogP contribution in [-0.2, 0) is 12.8 Å². The van der Waals surface area contributed by atoms with E-state index in [1.807, 2.05) is 6.07 Å². The van der Waals surface area contributed by atoms with Gasteiger partial charge in [0, 0.05) is 12.0 Å². The van der Waals surface area contributed by atoms with E-state index >= 15 is 0 Å². The molecule has 0 saturated heterocycles. The second-order valence-electron chi connectivity index (χ2n) is 5.60. The molecule has 2 aromatic carbocycles. The van der Waals surface area contributed by atoms with Crippen LogP contribution in [0.1, 0.15) is 35.1 Å². The Morgan fingerprint density at radius 2 is 1.75 bits per heavy atom. The Morgan fingerprint density at radius 3 is 2.50 bits per heavy atom. The lowest BCUT2D eigenvalue weighted by Crippen LogP contribution is -2.26. The molecule has 2 unspecified atom stereocenters. The summed E-state index contributed by atoms with van der Waals surface area (Å²) in [4.78, 5) is 0. The van der Waals surface area contributed by atoms with Gasteiger partial charge in [-0.1, -0.05) is 30.3 Å². The molecule has 3 rings (SSSR count). The monoisotopic (exact) mass is 267 g/mol. The second kappa shape index (κ2) is 5.29. The summed E-state index contributed by atoms with van der Waals surface area (Å²) in [6, 6.07) is 15.2. The third-order valence-corrected chi connectivity index (χ3v) is 4.26. The van der Waals surface area contributed by atoms with E-state index in [-0.39, 0.29) is 12.0 Å². The first kappa shape index (κ1) is 13.2. The van der Waals surface area contributed by atoms with Gasteiger partial charge in [0.05, 0.1) is 7.11 Å². The lowest BCUT2D eigenvalue weighted by molar-refractivity contribution is 0.414. The average molecular weight is 267 g/mol. The molecule has 0 aliphatic heterocycles. The lowest BCUT2D eigenvalue weighted by atomic mass is 9.83. The smallest absolute Gasteiger partial charge is 0.119 e. The molecule has 20 heavy (non-hydrogen) atoms. The van der Waals surface area contributed by atoms with Crippen molar-refractivity contribution >= 4 is 0 Å². The summed E-state index contributed by atoms with van der Waals surface area (Å²) < 4.78 is 5.36. The molecule has 2 nitrogen and oxygen atoms in total. The molecular weight excluding hydrogens is 246 g/mol. The average Bonchev–Trinajstić information content (AvgIpc) is 2.63. The first-order valence-corrected chi connectivity index (χ1v) is 7.21. The number of fused-ring (bicyclic) bond motifs is 2. The predicted molar refractivity (Wildman–Crippen MR) is 82.3 cm³/mol. The largest absolute Gasteiger partial charge is 0.497 e. The van der Waals surface area contributed by atoms with Crippen molar-refractivity contribution < 1.29 is 4.74 Å². The lowest BCUT2D eigenvalue weighted by Gasteiger charge is -2.24. The Labute approximate surface area is 120 Å². The number of methoxy groups -OCH3 is 1. The van der Waals surface area contributed by atoms with Crippen LogP contribution < -0.4 is 10.5 Å². The van der Waals surface area contributed by atoms with Gasteiger partial charge in [0.2, 0.25) is 0 Å². The van der Waals surface area contributed by atoms with Gasteiger partial charge in [-0.15, -0.1) is 0 Å². The van der Waals surface area contributed by atoms with Gasteiger partial charge in [-0.25, -0.2) is 0 Å². The summed E-state index contributed by atoms with van der Waals surface area (Å²) >= 11 is 0. The predicted octanol–water partition coefficient (Wildman–Crippen LogP) is 3.27. The minimum Gasteiger partial charge on any atom is -0.497 e. The van der Waals surface area contributed by atoms with E-state index in [4.69, 9.17) is 10.5 Å². The first-order valence-electron chi connectivity index (χ1n) is 7.21. The summed E-state index contributed by atoms with van der Waals surface area (Å²) in [7, 11) is 1.72. The molecule has 2 N–H and O–H groups in total. The van der Waals surface area contributed by atoms with Gasteiger partial charge in [0.15, 0.2) is 0 Å². The van der Waals surface area contributed by atoms with Crippen molar-refractivity contribution in [2.24, 2.45) is 5.73 Å². The van der Waals surface area contributed by atoms with Crippen LogP contribution in [0.2, 0.25) is 0 Å². The normalized spacial score (nSPS) is 18.6. The highest BCUT2D eigenvalue weighted by atomic mass is 16.5. The number of nitrogens with two attached hydrogens (primary N) is 1. The first-order chi connectivity index (χ1) is 9.70. The highest BCUT2D eigenvalue weighted by Gasteiger charge is 2.26. The molecule has 2 heteroatoms. The molecule has 104 valence electrons. The Bertz CT molecular complexity index is 619. The third-order valence-electron chi connectivity index (χ3n) is 4.26. The van der Waals surface area contributed by atoms with Crippen LogP contribution in [0.3, 0.4) is 0 Å². The molecule has 2 atom stereocenters. The molecule has 0 amide bonds. The van der Waals surface area contributed by atoms with Crippen LogP contribution in [0.5, 0.6) is 5.75 Å². The zero-order valence-electron chi connectivity index (χ0n) is 12.1. The van der Waals surface area contributed by atoms with Crippen molar-refractivity contribution in [3.8, 4) is 5.75 Å².